The Bertz CT molecular complexity index is 1030. The van der Waals surface area contributed by atoms with E-state index in [9.17, 15) is 4.79 Å². The van der Waals surface area contributed by atoms with Gasteiger partial charge < -0.3 is 15.0 Å². The molecule has 0 bridgehead atoms. The first kappa shape index (κ1) is 20.4. The van der Waals surface area contributed by atoms with Crippen molar-refractivity contribution in [2.24, 2.45) is 5.92 Å². The van der Waals surface area contributed by atoms with Crippen LogP contribution in [0.25, 0.3) is 11.0 Å². The fraction of sp³-hybridized carbons (Fsp3) is 0.348. The van der Waals surface area contributed by atoms with Crippen molar-refractivity contribution in [1.82, 2.24) is 9.97 Å². The first-order valence-corrected chi connectivity index (χ1v) is 10.7. The van der Waals surface area contributed by atoms with Gasteiger partial charge >= 0.3 is 0 Å². The summed E-state index contributed by atoms with van der Waals surface area (Å²) >= 11 is 5.93. The fourth-order valence-corrected chi connectivity index (χ4v) is 3.76. The third-order valence-corrected chi connectivity index (χ3v) is 5.42. The third-order valence-electron chi connectivity index (χ3n) is 5.17. The number of piperidine rings is 1. The maximum absolute atomic E-state index is 12.9. The van der Waals surface area contributed by atoms with Crippen LogP contribution in [0.4, 0.5) is 11.5 Å². The number of ether oxygens (including phenoxy) is 1. The Morgan fingerprint density at radius 3 is 2.63 bits per heavy atom. The number of halogens is 1. The standard InChI is InChI=1S/C23H25ClN4O2/c1-2-14-30-23-21(26-19-7-3-4-8-20(19)27-23)28-13-5-6-16(15-28)22(29)25-18-11-9-17(24)10-12-18/h3-4,7-12,16H,2,5-6,13-15H2,1H3,(H,25,29)/t16-/m0/s1. The van der Waals surface area contributed by atoms with E-state index >= 15 is 0 Å². The quantitative estimate of drug-likeness (QED) is 0.607. The molecule has 0 saturated carbocycles. The molecule has 1 fully saturated rings. The van der Waals surface area contributed by atoms with Gasteiger partial charge in [0, 0.05) is 23.8 Å². The molecule has 3 aromatic rings. The monoisotopic (exact) mass is 424 g/mol. The highest BCUT2D eigenvalue weighted by atomic mass is 35.5. The number of aromatic nitrogens is 2. The highest BCUT2D eigenvalue weighted by Gasteiger charge is 2.29. The predicted octanol–water partition coefficient (Wildman–Crippen LogP) is 4.93. The first-order chi connectivity index (χ1) is 14.6. The lowest BCUT2D eigenvalue weighted by Gasteiger charge is -2.33. The van der Waals surface area contributed by atoms with E-state index in [1.54, 1.807) is 12.1 Å². The molecule has 2 aromatic carbocycles. The lowest BCUT2D eigenvalue weighted by molar-refractivity contribution is -0.120. The van der Waals surface area contributed by atoms with Crippen LogP contribution >= 0.6 is 11.6 Å². The Labute approximate surface area is 181 Å². The fourth-order valence-electron chi connectivity index (χ4n) is 3.64. The zero-order valence-electron chi connectivity index (χ0n) is 17.0. The smallest absolute Gasteiger partial charge is 0.258 e. The molecule has 2 heterocycles. The van der Waals surface area contributed by atoms with Gasteiger partial charge in [-0.3, -0.25) is 4.79 Å². The Kier molecular flexibility index (Phi) is 6.33. The van der Waals surface area contributed by atoms with Gasteiger partial charge in [0.05, 0.1) is 23.6 Å². The van der Waals surface area contributed by atoms with Crippen molar-refractivity contribution >= 4 is 40.0 Å². The van der Waals surface area contributed by atoms with Gasteiger partial charge in [-0.15, -0.1) is 0 Å². The van der Waals surface area contributed by atoms with Crippen molar-refractivity contribution in [2.45, 2.75) is 26.2 Å². The van der Waals surface area contributed by atoms with Crippen LogP contribution in [0.1, 0.15) is 26.2 Å². The molecule has 1 atom stereocenters. The summed E-state index contributed by atoms with van der Waals surface area (Å²) in [5.41, 5.74) is 2.38. The molecule has 156 valence electrons. The van der Waals surface area contributed by atoms with E-state index in [-0.39, 0.29) is 11.8 Å². The van der Waals surface area contributed by atoms with Crippen LogP contribution in [0, 0.1) is 5.92 Å². The Balaban J connectivity index is 1.55. The van der Waals surface area contributed by atoms with Crippen LogP contribution in [-0.2, 0) is 4.79 Å². The van der Waals surface area contributed by atoms with Crippen molar-refractivity contribution in [1.29, 1.82) is 0 Å². The molecule has 0 radical (unpaired) electrons. The number of amides is 1. The van der Waals surface area contributed by atoms with Gasteiger partial charge in [-0.05, 0) is 55.7 Å². The second-order valence-corrected chi connectivity index (χ2v) is 7.91. The number of rotatable bonds is 6. The van der Waals surface area contributed by atoms with E-state index in [0.717, 1.165) is 42.5 Å². The zero-order valence-corrected chi connectivity index (χ0v) is 17.7. The minimum atomic E-state index is -0.137. The number of anilines is 2. The van der Waals surface area contributed by atoms with Crippen molar-refractivity contribution in [3.05, 3.63) is 53.6 Å². The number of fused-ring (bicyclic) bond motifs is 1. The molecule has 4 rings (SSSR count). The minimum absolute atomic E-state index is 0.00629. The molecule has 30 heavy (non-hydrogen) atoms. The molecule has 1 amide bonds. The van der Waals surface area contributed by atoms with Crippen molar-refractivity contribution in [3.8, 4) is 5.88 Å². The van der Waals surface area contributed by atoms with E-state index in [1.165, 1.54) is 0 Å². The summed E-state index contributed by atoms with van der Waals surface area (Å²) in [4.78, 5) is 24.5. The highest BCUT2D eigenvalue weighted by molar-refractivity contribution is 6.30. The van der Waals surface area contributed by atoms with Gasteiger partial charge in [-0.1, -0.05) is 30.7 Å². The maximum atomic E-state index is 12.9. The SMILES string of the molecule is CCCOc1nc2ccccc2nc1N1CCC[C@H](C(=O)Nc2ccc(Cl)cc2)C1. The minimum Gasteiger partial charge on any atom is -0.475 e. The van der Waals surface area contributed by atoms with Crippen LogP contribution in [-0.4, -0.2) is 35.6 Å². The molecule has 0 spiro atoms. The van der Waals surface area contributed by atoms with Gasteiger partial charge in [-0.25, -0.2) is 9.97 Å². The van der Waals surface area contributed by atoms with E-state index in [0.29, 0.717) is 29.9 Å². The van der Waals surface area contributed by atoms with Crippen LogP contribution in [0.2, 0.25) is 5.02 Å². The number of carbonyl (C=O) groups excluding carboxylic acids is 1. The molecule has 1 N–H and O–H groups in total. The van der Waals surface area contributed by atoms with Gasteiger partial charge in [0.25, 0.3) is 5.88 Å². The largest absolute Gasteiger partial charge is 0.475 e. The molecular formula is C23H25ClN4O2. The van der Waals surface area contributed by atoms with Gasteiger partial charge in [0.2, 0.25) is 5.91 Å². The average molecular weight is 425 g/mol. The maximum Gasteiger partial charge on any atom is 0.258 e. The molecule has 6 nitrogen and oxygen atoms in total. The number of carbonyl (C=O) groups is 1. The second-order valence-electron chi connectivity index (χ2n) is 7.47. The summed E-state index contributed by atoms with van der Waals surface area (Å²) in [5, 5.41) is 3.64. The van der Waals surface area contributed by atoms with Crippen LogP contribution in [0.5, 0.6) is 5.88 Å². The van der Waals surface area contributed by atoms with Crippen molar-refractivity contribution in [3.63, 3.8) is 0 Å². The number of hydrogen-bond acceptors (Lipinski definition) is 5. The van der Waals surface area contributed by atoms with Gasteiger partial charge in [0.1, 0.15) is 0 Å². The molecule has 1 aromatic heterocycles. The summed E-state index contributed by atoms with van der Waals surface area (Å²) in [7, 11) is 0. The van der Waals surface area contributed by atoms with E-state index in [2.05, 4.69) is 17.1 Å². The first-order valence-electron chi connectivity index (χ1n) is 10.3. The zero-order chi connectivity index (χ0) is 20.9. The Morgan fingerprint density at radius 1 is 1.17 bits per heavy atom. The number of nitrogens with zero attached hydrogens (tertiary/aromatic N) is 3. The van der Waals surface area contributed by atoms with Gasteiger partial charge in [0.15, 0.2) is 5.82 Å². The Hall–Kier alpha value is -2.86. The molecule has 1 saturated heterocycles. The number of para-hydroxylation sites is 2. The number of benzene rings is 2. The van der Waals surface area contributed by atoms with Gasteiger partial charge in [-0.2, -0.15) is 0 Å². The average Bonchev–Trinajstić information content (AvgIpc) is 2.78. The molecule has 0 unspecified atom stereocenters. The molecule has 0 aliphatic carbocycles. The molecule has 7 heteroatoms. The van der Waals surface area contributed by atoms with Crippen LogP contribution < -0.4 is 15.0 Å². The van der Waals surface area contributed by atoms with E-state index in [1.807, 2.05) is 36.4 Å². The lowest BCUT2D eigenvalue weighted by Crippen LogP contribution is -2.41. The number of hydrogen-bond donors (Lipinski definition) is 1. The third kappa shape index (κ3) is 4.65. The van der Waals surface area contributed by atoms with Crippen molar-refractivity contribution < 1.29 is 9.53 Å². The summed E-state index contributed by atoms with van der Waals surface area (Å²) in [5.74, 6) is 1.12. The molecule has 1 aliphatic rings. The van der Waals surface area contributed by atoms with Crippen molar-refractivity contribution in [2.75, 3.05) is 29.9 Å². The predicted molar refractivity (Wildman–Crippen MR) is 120 cm³/mol. The summed E-state index contributed by atoms with van der Waals surface area (Å²) in [6, 6.07) is 14.9. The molecular weight excluding hydrogens is 400 g/mol. The summed E-state index contributed by atoms with van der Waals surface area (Å²) in [6.45, 7) is 4.04. The summed E-state index contributed by atoms with van der Waals surface area (Å²) in [6.07, 6.45) is 2.63. The number of nitrogens with one attached hydrogen (secondary N) is 1. The second kappa shape index (κ2) is 9.30. The highest BCUT2D eigenvalue weighted by Crippen LogP contribution is 2.31. The van der Waals surface area contributed by atoms with Crippen LogP contribution in [0.3, 0.4) is 0 Å². The Morgan fingerprint density at radius 2 is 1.90 bits per heavy atom. The topological polar surface area (TPSA) is 67.4 Å². The molecule has 1 aliphatic heterocycles. The van der Waals surface area contributed by atoms with E-state index < -0.39 is 0 Å². The normalized spacial score (nSPS) is 16.5. The van der Waals surface area contributed by atoms with E-state index in [4.69, 9.17) is 26.3 Å². The summed E-state index contributed by atoms with van der Waals surface area (Å²) < 4.78 is 5.92. The lowest BCUT2D eigenvalue weighted by atomic mass is 9.97. The van der Waals surface area contributed by atoms with Crippen LogP contribution in [0.15, 0.2) is 48.5 Å².